The second-order valence-corrected chi connectivity index (χ2v) is 6.30. The van der Waals surface area contributed by atoms with Gasteiger partial charge in [-0.25, -0.2) is 13.1 Å². The van der Waals surface area contributed by atoms with Crippen LogP contribution in [-0.4, -0.2) is 32.8 Å². The van der Waals surface area contributed by atoms with Gasteiger partial charge in [-0.3, -0.25) is 4.79 Å². The van der Waals surface area contributed by atoms with E-state index in [0.717, 1.165) is 5.56 Å². The maximum Gasteiger partial charge on any atom is 0.240 e. The minimum atomic E-state index is -3.55. The molecule has 0 aromatic heterocycles. The smallest absolute Gasteiger partial charge is 0.240 e. The van der Waals surface area contributed by atoms with Gasteiger partial charge in [0.25, 0.3) is 0 Å². The molecule has 0 saturated heterocycles. The summed E-state index contributed by atoms with van der Waals surface area (Å²) in [5, 5.41) is 2.56. The first-order chi connectivity index (χ1) is 8.85. The van der Waals surface area contributed by atoms with Crippen molar-refractivity contribution in [3.63, 3.8) is 0 Å². The number of amides is 1. The quantitative estimate of drug-likeness (QED) is 0.770. The Balaban J connectivity index is 2.61. The average Bonchev–Trinajstić information content (AvgIpc) is 2.37. The van der Waals surface area contributed by atoms with Crippen LogP contribution in [-0.2, 0) is 14.8 Å². The number of rotatable bonds is 6. The van der Waals surface area contributed by atoms with Crippen molar-refractivity contribution in [2.24, 2.45) is 0 Å². The van der Waals surface area contributed by atoms with E-state index in [9.17, 15) is 13.2 Å². The number of hydrogen-bond donors (Lipinski definition) is 2. The zero-order valence-electron chi connectivity index (χ0n) is 10.8. The predicted octanol–water partition coefficient (Wildman–Crippen LogP) is 1.02. The van der Waals surface area contributed by atoms with E-state index in [1.54, 1.807) is 31.2 Å². The molecule has 2 N–H and O–H groups in total. The van der Waals surface area contributed by atoms with E-state index in [2.05, 4.69) is 10.0 Å². The highest BCUT2D eigenvalue weighted by Gasteiger charge is 2.15. The summed E-state index contributed by atoms with van der Waals surface area (Å²) in [6.45, 7) is 3.69. The number of hydrogen-bond acceptors (Lipinski definition) is 3. The van der Waals surface area contributed by atoms with E-state index in [0.29, 0.717) is 0 Å². The fourth-order valence-electron chi connectivity index (χ4n) is 1.40. The average molecular weight is 305 g/mol. The first kappa shape index (κ1) is 15.9. The van der Waals surface area contributed by atoms with Gasteiger partial charge in [0.1, 0.15) is 5.88 Å². The fraction of sp³-hybridized carbons (Fsp3) is 0.417. The first-order valence-electron chi connectivity index (χ1n) is 5.77. The molecule has 0 spiro atoms. The highest BCUT2D eigenvalue weighted by molar-refractivity contribution is 7.89. The Labute approximate surface area is 118 Å². The second-order valence-electron chi connectivity index (χ2n) is 4.27. The van der Waals surface area contributed by atoms with Gasteiger partial charge in [-0.2, -0.15) is 0 Å². The van der Waals surface area contributed by atoms with Crippen LogP contribution in [0.3, 0.4) is 0 Å². The number of carbonyl (C=O) groups excluding carboxylic acids is 1. The monoisotopic (exact) mass is 304 g/mol. The molecule has 0 aliphatic heterocycles. The van der Waals surface area contributed by atoms with Crippen LogP contribution in [0, 0.1) is 6.92 Å². The molecule has 0 aliphatic carbocycles. The van der Waals surface area contributed by atoms with E-state index in [4.69, 9.17) is 11.6 Å². The van der Waals surface area contributed by atoms with Crippen molar-refractivity contribution < 1.29 is 13.2 Å². The molecule has 106 valence electrons. The number of aryl methyl sites for hydroxylation is 1. The van der Waals surface area contributed by atoms with Crippen molar-refractivity contribution in [3.8, 4) is 0 Å². The van der Waals surface area contributed by atoms with Gasteiger partial charge >= 0.3 is 0 Å². The molecule has 7 heteroatoms. The van der Waals surface area contributed by atoms with Gasteiger partial charge < -0.3 is 5.32 Å². The Hall–Kier alpha value is -1.11. The number of sulfonamides is 1. The molecule has 1 rings (SSSR count). The van der Waals surface area contributed by atoms with Crippen LogP contribution < -0.4 is 10.0 Å². The van der Waals surface area contributed by atoms with E-state index < -0.39 is 10.0 Å². The maximum atomic E-state index is 12.0. The Morgan fingerprint density at radius 1 is 1.32 bits per heavy atom. The molecule has 0 aliphatic rings. The van der Waals surface area contributed by atoms with Gasteiger partial charge in [0.2, 0.25) is 15.9 Å². The molecular formula is C12H17ClN2O3S. The van der Waals surface area contributed by atoms with Gasteiger partial charge in [0.05, 0.1) is 4.90 Å². The third-order valence-electron chi connectivity index (χ3n) is 2.44. The molecule has 1 aromatic carbocycles. The molecule has 0 heterocycles. The van der Waals surface area contributed by atoms with E-state index >= 15 is 0 Å². The number of benzene rings is 1. The zero-order chi connectivity index (χ0) is 14.5. The van der Waals surface area contributed by atoms with Crippen molar-refractivity contribution in [3.05, 3.63) is 29.8 Å². The van der Waals surface area contributed by atoms with Crippen LogP contribution >= 0.6 is 11.6 Å². The lowest BCUT2D eigenvalue weighted by atomic mass is 10.2. The summed E-state index contributed by atoms with van der Waals surface area (Å²) in [4.78, 5) is 11.2. The molecule has 0 bridgehead atoms. The van der Waals surface area contributed by atoms with Crippen LogP contribution in [0.15, 0.2) is 29.2 Å². The van der Waals surface area contributed by atoms with Crippen LogP contribution in [0.25, 0.3) is 0 Å². The topological polar surface area (TPSA) is 75.3 Å². The molecular weight excluding hydrogens is 288 g/mol. The summed E-state index contributed by atoms with van der Waals surface area (Å²) in [5.74, 6) is -0.474. The van der Waals surface area contributed by atoms with Gasteiger partial charge in [-0.05, 0) is 26.0 Å². The van der Waals surface area contributed by atoms with Gasteiger partial charge in [0.15, 0.2) is 0 Å². The summed E-state index contributed by atoms with van der Waals surface area (Å²) in [7, 11) is -3.55. The van der Waals surface area contributed by atoms with Crippen LogP contribution in [0.5, 0.6) is 0 Å². The molecule has 0 radical (unpaired) electrons. The zero-order valence-corrected chi connectivity index (χ0v) is 12.4. The summed E-state index contributed by atoms with van der Waals surface area (Å²) in [6, 6.07) is 6.21. The van der Waals surface area contributed by atoms with Crippen molar-refractivity contribution in [2.75, 3.05) is 12.4 Å². The molecule has 1 unspecified atom stereocenters. The lowest BCUT2D eigenvalue weighted by Gasteiger charge is -2.14. The van der Waals surface area contributed by atoms with Crippen molar-refractivity contribution in [1.82, 2.24) is 10.0 Å². The molecule has 1 amide bonds. The third-order valence-corrected chi connectivity index (χ3v) is 4.12. The fourth-order valence-corrected chi connectivity index (χ4v) is 2.61. The Kier molecular flexibility index (Phi) is 5.78. The lowest BCUT2D eigenvalue weighted by molar-refractivity contribution is -0.119. The summed E-state index contributed by atoms with van der Waals surface area (Å²) >= 11 is 5.35. The Morgan fingerprint density at radius 2 is 1.89 bits per heavy atom. The van der Waals surface area contributed by atoms with Gasteiger partial charge in [0, 0.05) is 12.6 Å². The van der Waals surface area contributed by atoms with Crippen LogP contribution in [0.4, 0.5) is 0 Å². The Morgan fingerprint density at radius 3 is 2.42 bits per heavy atom. The number of carbonyl (C=O) groups is 1. The first-order valence-corrected chi connectivity index (χ1v) is 7.78. The largest absolute Gasteiger partial charge is 0.351 e. The molecule has 5 nitrogen and oxygen atoms in total. The van der Waals surface area contributed by atoms with Gasteiger partial charge in [-0.15, -0.1) is 11.6 Å². The molecule has 19 heavy (non-hydrogen) atoms. The number of alkyl halides is 1. The highest BCUT2D eigenvalue weighted by atomic mass is 35.5. The second kappa shape index (κ2) is 6.88. The lowest BCUT2D eigenvalue weighted by Crippen LogP contribution is -2.42. The normalized spacial score (nSPS) is 13.0. The van der Waals surface area contributed by atoms with Gasteiger partial charge in [-0.1, -0.05) is 17.7 Å². The van der Waals surface area contributed by atoms with Crippen molar-refractivity contribution in [1.29, 1.82) is 0 Å². The molecule has 0 fully saturated rings. The van der Waals surface area contributed by atoms with E-state index in [-0.39, 0.29) is 29.3 Å². The van der Waals surface area contributed by atoms with Crippen molar-refractivity contribution >= 4 is 27.5 Å². The number of halogens is 1. The third kappa shape index (κ3) is 5.18. The summed E-state index contributed by atoms with van der Waals surface area (Å²) in [5.41, 5.74) is 0.988. The van der Waals surface area contributed by atoms with E-state index in [1.165, 1.54) is 0 Å². The SMILES string of the molecule is Cc1ccc(S(=O)(=O)NCC(C)NC(=O)CCl)cc1. The highest BCUT2D eigenvalue weighted by Crippen LogP contribution is 2.09. The molecule has 1 aromatic rings. The van der Waals surface area contributed by atoms with Crippen LogP contribution in [0.1, 0.15) is 12.5 Å². The molecule has 0 saturated carbocycles. The standard InChI is InChI=1S/C12H17ClN2O3S/c1-9-3-5-11(6-4-9)19(17,18)14-8-10(2)15-12(16)7-13/h3-6,10,14H,7-8H2,1-2H3,(H,15,16). The summed E-state index contributed by atoms with van der Waals surface area (Å²) < 4.78 is 26.3. The summed E-state index contributed by atoms with van der Waals surface area (Å²) in [6.07, 6.45) is 0. The Bertz CT molecular complexity index is 528. The van der Waals surface area contributed by atoms with Crippen molar-refractivity contribution in [2.45, 2.75) is 24.8 Å². The maximum absolute atomic E-state index is 12.0. The minimum Gasteiger partial charge on any atom is -0.351 e. The van der Waals surface area contributed by atoms with E-state index in [1.807, 2.05) is 6.92 Å². The predicted molar refractivity (Wildman–Crippen MR) is 74.7 cm³/mol. The number of nitrogens with one attached hydrogen (secondary N) is 2. The molecule has 1 atom stereocenters. The minimum absolute atomic E-state index is 0.110. The van der Waals surface area contributed by atoms with Crippen LogP contribution in [0.2, 0.25) is 0 Å².